The molecule has 0 N–H and O–H groups in total. The Morgan fingerprint density at radius 3 is 1.14 bits per heavy atom. The molecule has 2 heterocycles. The molecule has 0 aliphatic rings. The number of para-hydroxylation sites is 8. The van der Waals surface area contributed by atoms with Crippen molar-refractivity contribution >= 4 is 39.1 Å². The molecule has 9 rings (SSSR count). The third-order valence-electron chi connectivity index (χ3n) is 8.87. The molecule has 7 aromatic carbocycles. The van der Waals surface area contributed by atoms with Gasteiger partial charge in [-0.15, -0.1) is 0 Å². The van der Waals surface area contributed by atoms with Gasteiger partial charge in [-0.1, -0.05) is 97.1 Å². The molecule has 0 amide bonds. The van der Waals surface area contributed by atoms with Crippen molar-refractivity contribution in [1.82, 2.24) is 19.1 Å². The lowest BCUT2D eigenvalue weighted by Crippen LogP contribution is -2.10. The van der Waals surface area contributed by atoms with Crippen LogP contribution in [-0.4, -0.2) is 19.1 Å². The quantitative estimate of drug-likeness (QED) is 0.176. The Balaban J connectivity index is 1.37. The summed E-state index contributed by atoms with van der Waals surface area (Å²) in [6.07, 6.45) is 0. The van der Waals surface area contributed by atoms with Gasteiger partial charge < -0.3 is 4.90 Å². The van der Waals surface area contributed by atoms with Gasteiger partial charge in [-0.05, 0) is 91.0 Å². The minimum absolute atomic E-state index is 0.860. The highest BCUT2D eigenvalue weighted by molar-refractivity contribution is 5.89. The largest absolute Gasteiger partial charge is 0.310 e. The van der Waals surface area contributed by atoms with E-state index in [1.807, 2.05) is 24.3 Å². The van der Waals surface area contributed by atoms with E-state index >= 15 is 0 Å². The van der Waals surface area contributed by atoms with Crippen molar-refractivity contribution in [2.24, 2.45) is 0 Å². The molecule has 49 heavy (non-hydrogen) atoms. The molecule has 0 saturated carbocycles. The normalized spacial score (nSPS) is 11.3. The molecule has 0 spiro atoms. The first-order valence-electron chi connectivity index (χ1n) is 16.4. The summed E-state index contributed by atoms with van der Waals surface area (Å²) >= 11 is 0. The smallest absolute Gasteiger partial charge is 0.145 e. The molecule has 5 heteroatoms. The molecule has 0 aliphatic heterocycles. The fourth-order valence-electron chi connectivity index (χ4n) is 6.72. The molecule has 0 bridgehead atoms. The van der Waals surface area contributed by atoms with Gasteiger partial charge in [-0.3, -0.25) is 9.13 Å². The van der Waals surface area contributed by atoms with Crippen LogP contribution in [0.5, 0.6) is 0 Å². The van der Waals surface area contributed by atoms with Crippen LogP contribution in [0.15, 0.2) is 188 Å². The first-order chi connectivity index (χ1) is 24.3. The summed E-state index contributed by atoms with van der Waals surface area (Å²) < 4.78 is 4.52. The van der Waals surface area contributed by atoms with E-state index in [1.54, 1.807) is 0 Å². The molecule has 5 nitrogen and oxygen atoms in total. The Morgan fingerprint density at radius 2 is 0.714 bits per heavy atom. The van der Waals surface area contributed by atoms with Crippen LogP contribution >= 0.6 is 0 Å². The summed E-state index contributed by atoms with van der Waals surface area (Å²) in [5.41, 5.74) is 11.2. The minimum atomic E-state index is 0.860. The number of anilines is 3. The van der Waals surface area contributed by atoms with Gasteiger partial charge in [0, 0.05) is 39.6 Å². The number of benzene rings is 7. The van der Waals surface area contributed by atoms with E-state index in [0.29, 0.717) is 0 Å². The summed E-state index contributed by atoms with van der Waals surface area (Å²) in [5.74, 6) is 1.72. The molecular formula is C44H31N5. The van der Waals surface area contributed by atoms with Crippen molar-refractivity contribution in [3.05, 3.63) is 188 Å². The van der Waals surface area contributed by atoms with Crippen molar-refractivity contribution in [2.45, 2.75) is 0 Å². The third kappa shape index (κ3) is 5.14. The topological polar surface area (TPSA) is 38.9 Å². The van der Waals surface area contributed by atoms with Gasteiger partial charge in [0.15, 0.2) is 0 Å². The van der Waals surface area contributed by atoms with Gasteiger partial charge in [0.05, 0.1) is 22.1 Å². The number of hydrogen-bond acceptors (Lipinski definition) is 3. The fourth-order valence-corrected chi connectivity index (χ4v) is 6.72. The zero-order valence-corrected chi connectivity index (χ0v) is 26.6. The molecule has 0 unspecified atom stereocenters. The SMILES string of the molecule is c1ccc(N(c2ccccc2)c2cc(-c3nc4ccccc4n3-c3ccccc3)cc(-c3nc4ccccc4n3-c3ccccc3)c2)cc1. The van der Waals surface area contributed by atoms with E-state index in [4.69, 9.17) is 9.97 Å². The average molecular weight is 630 g/mol. The van der Waals surface area contributed by atoms with Crippen LogP contribution in [0.4, 0.5) is 17.1 Å². The van der Waals surface area contributed by atoms with Crippen LogP contribution in [-0.2, 0) is 0 Å². The van der Waals surface area contributed by atoms with E-state index < -0.39 is 0 Å². The molecular weight excluding hydrogens is 599 g/mol. The average Bonchev–Trinajstić information content (AvgIpc) is 3.76. The fraction of sp³-hybridized carbons (Fsp3) is 0. The minimum Gasteiger partial charge on any atom is -0.310 e. The van der Waals surface area contributed by atoms with E-state index in [9.17, 15) is 0 Å². The van der Waals surface area contributed by atoms with Crippen molar-refractivity contribution < 1.29 is 0 Å². The maximum absolute atomic E-state index is 5.28. The highest BCUT2D eigenvalue weighted by Crippen LogP contribution is 2.41. The summed E-state index contributed by atoms with van der Waals surface area (Å²) in [5, 5.41) is 0. The van der Waals surface area contributed by atoms with Crippen LogP contribution in [0.2, 0.25) is 0 Å². The van der Waals surface area contributed by atoms with Crippen molar-refractivity contribution in [3.63, 3.8) is 0 Å². The first-order valence-corrected chi connectivity index (χ1v) is 16.4. The zero-order chi connectivity index (χ0) is 32.6. The van der Waals surface area contributed by atoms with Crippen LogP contribution in [0, 0.1) is 0 Å². The molecule has 2 aromatic heterocycles. The highest BCUT2D eigenvalue weighted by Gasteiger charge is 2.22. The third-order valence-corrected chi connectivity index (χ3v) is 8.87. The Labute approximate surface area is 284 Å². The van der Waals surface area contributed by atoms with Crippen LogP contribution in [0.3, 0.4) is 0 Å². The van der Waals surface area contributed by atoms with E-state index in [-0.39, 0.29) is 0 Å². The molecule has 0 fully saturated rings. The van der Waals surface area contributed by atoms with Gasteiger partial charge in [0.2, 0.25) is 0 Å². The molecule has 9 aromatic rings. The Morgan fingerprint density at radius 1 is 0.347 bits per heavy atom. The molecule has 0 aliphatic carbocycles. The lowest BCUT2D eigenvalue weighted by molar-refractivity contribution is 1.09. The second-order valence-electron chi connectivity index (χ2n) is 12.0. The predicted octanol–water partition coefficient (Wildman–Crippen LogP) is 11.2. The summed E-state index contributed by atoms with van der Waals surface area (Å²) in [6.45, 7) is 0. The predicted molar refractivity (Wildman–Crippen MR) is 201 cm³/mol. The summed E-state index contributed by atoms with van der Waals surface area (Å²) in [4.78, 5) is 12.9. The van der Waals surface area contributed by atoms with Gasteiger partial charge in [0.1, 0.15) is 11.6 Å². The summed E-state index contributed by atoms with van der Waals surface area (Å²) in [6, 6.07) is 65.4. The number of nitrogens with zero attached hydrogens (tertiary/aromatic N) is 5. The Hall–Kier alpha value is -6.72. The zero-order valence-electron chi connectivity index (χ0n) is 26.6. The molecule has 0 atom stereocenters. The van der Waals surface area contributed by atoms with Crippen molar-refractivity contribution in [1.29, 1.82) is 0 Å². The Kier molecular flexibility index (Phi) is 7.06. The van der Waals surface area contributed by atoms with E-state index in [0.717, 1.165) is 73.3 Å². The maximum Gasteiger partial charge on any atom is 0.145 e. The molecule has 0 saturated heterocycles. The first kappa shape index (κ1) is 28.5. The second-order valence-corrected chi connectivity index (χ2v) is 12.0. The number of fused-ring (bicyclic) bond motifs is 2. The highest BCUT2D eigenvalue weighted by atomic mass is 15.1. The number of aromatic nitrogens is 4. The standard InChI is InChI=1S/C44H31N5/c1-5-17-34(18-6-1)47(35-19-7-2-8-20-35)38-30-32(43-45-39-25-13-15-27-41(39)48(43)36-21-9-3-10-22-36)29-33(31-38)44-46-40-26-14-16-28-42(40)49(44)37-23-11-4-12-24-37/h1-31H. The van der Waals surface area contributed by atoms with Gasteiger partial charge in [0.25, 0.3) is 0 Å². The Bertz CT molecular complexity index is 2360. The van der Waals surface area contributed by atoms with Crippen LogP contribution in [0.1, 0.15) is 0 Å². The van der Waals surface area contributed by atoms with Crippen molar-refractivity contribution in [3.8, 4) is 34.2 Å². The second kappa shape index (κ2) is 12.1. The number of hydrogen-bond donors (Lipinski definition) is 0. The van der Waals surface area contributed by atoms with E-state index in [1.165, 1.54) is 0 Å². The monoisotopic (exact) mass is 629 g/mol. The lowest BCUT2D eigenvalue weighted by Gasteiger charge is -2.26. The van der Waals surface area contributed by atoms with Crippen LogP contribution < -0.4 is 4.90 Å². The molecule has 232 valence electrons. The van der Waals surface area contributed by atoms with Gasteiger partial charge in [-0.25, -0.2) is 9.97 Å². The lowest BCUT2D eigenvalue weighted by atomic mass is 10.0. The van der Waals surface area contributed by atoms with Gasteiger partial charge in [-0.2, -0.15) is 0 Å². The summed E-state index contributed by atoms with van der Waals surface area (Å²) in [7, 11) is 0. The number of rotatable bonds is 7. The van der Waals surface area contributed by atoms with Crippen LogP contribution in [0.25, 0.3) is 56.2 Å². The maximum atomic E-state index is 5.28. The van der Waals surface area contributed by atoms with Crippen molar-refractivity contribution in [2.75, 3.05) is 4.90 Å². The van der Waals surface area contributed by atoms with E-state index in [2.05, 4.69) is 178 Å². The number of imidazole rings is 2. The van der Waals surface area contributed by atoms with Gasteiger partial charge >= 0.3 is 0 Å². The molecule has 0 radical (unpaired) electrons.